The zero-order valence-electron chi connectivity index (χ0n) is 17.7. The lowest BCUT2D eigenvalue weighted by Gasteiger charge is -2.24. The van der Waals surface area contributed by atoms with Gasteiger partial charge in [0, 0.05) is 6.54 Å². The molecular formula is C19H31N5O5S. The Morgan fingerprint density at radius 2 is 1.77 bits per heavy atom. The molecule has 0 aliphatic heterocycles. The number of aryl methyl sites for hydroxylation is 1. The van der Waals surface area contributed by atoms with E-state index in [9.17, 15) is 18.0 Å². The first kappa shape index (κ1) is 25.4. The number of hydrogen-bond acceptors (Lipinski definition) is 6. The third-order valence-corrected chi connectivity index (χ3v) is 5.80. The topological polar surface area (TPSA) is 166 Å². The summed E-state index contributed by atoms with van der Waals surface area (Å²) >= 11 is 0. The molecule has 30 heavy (non-hydrogen) atoms. The number of guanidine groups is 1. The summed E-state index contributed by atoms with van der Waals surface area (Å²) in [6, 6.07) is 4.19. The maximum Gasteiger partial charge on any atom is 0.328 e. The van der Waals surface area contributed by atoms with Gasteiger partial charge in [-0.1, -0.05) is 31.5 Å². The Labute approximate surface area is 177 Å². The van der Waals surface area contributed by atoms with Crippen molar-refractivity contribution in [2.75, 3.05) is 13.7 Å². The number of rotatable bonds is 11. The number of ether oxygens (including phenoxy) is 1. The molecule has 0 radical (unpaired) electrons. The molecular weight excluding hydrogens is 410 g/mol. The van der Waals surface area contributed by atoms with Crippen LogP contribution in [0, 0.1) is 12.8 Å². The van der Waals surface area contributed by atoms with Crippen LogP contribution < -0.4 is 21.5 Å². The Bertz CT molecular complexity index is 849. The summed E-state index contributed by atoms with van der Waals surface area (Å²) in [6.45, 7) is 5.55. The standard InChI is InChI=1S/C19H31N5O5S/c1-12(2)16(18(26)29-4)23-17(25)15(6-5-11-22-19(20)21)24-30(27,28)14-9-7-13(3)8-10-14/h7-10,12,15-16,24H,5-6,11H2,1-4H3,(H,23,25)(H4,20,21,22)/t15-,16-/m0/s1. The number of aliphatic imine (C=N–C) groups is 1. The first-order chi connectivity index (χ1) is 14.0. The number of sulfonamides is 1. The van der Waals surface area contributed by atoms with Gasteiger partial charge in [0.05, 0.1) is 12.0 Å². The lowest BCUT2D eigenvalue weighted by Crippen LogP contribution is -2.53. The average molecular weight is 442 g/mol. The van der Waals surface area contributed by atoms with Crippen LogP contribution >= 0.6 is 0 Å². The third kappa shape index (κ3) is 7.99. The Kier molecular flexibility index (Phi) is 9.73. The highest BCUT2D eigenvalue weighted by Crippen LogP contribution is 2.13. The van der Waals surface area contributed by atoms with Gasteiger partial charge in [0.2, 0.25) is 15.9 Å². The normalized spacial score (nSPS) is 13.4. The molecule has 1 aromatic rings. The largest absolute Gasteiger partial charge is 0.467 e. The zero-order valence-corrected chi connectivity index (χ0v) is 18.5. The highest BCUT2D eigenvalue weighted by atomic mass is 32.2. The molecule has 168 valence electrons. The summed E-state index contributed by atoms with van der Waals surface area (Å²) < 4.78 is 32.7. The van der Waals surface area contributed by atoms with Crippen LogP contribution in [0.2, 0.25) is 0 Å². The van der Waals surface area contributed by atoms with Crippen molar-refractivity contribution in [2.24, 2.45) is 22.4 Å². The SMILES string of the molecule is COC(=O)[C@@H](NC(=O)[C@H](CCCN=C(N)N)NS(=O)(=O)c1ccc(C)cc1)C(C)C. The molecule has 1 amide bonds. The molecule has 0 heterocycles. The Hall–Kier alpha value is -2.66. The van der Waals surface area contributed by atoms with Crippen LogP contribution in [0.1, 0.15) is 32.3 Å². The maximum absolute atomic E-state index is 12.8. The van der Waals surface area contributed by atoms with Crippen LogP contribution in [-0.2, 0) is 24.3 Å². The molecule has 0 aliphatic carbocycles. The predicted molar refractivity (Wildman–Crippen MR) is 114 cm³/mol. The van der Waals surface area contributed by atoms with Crippen LogP contribution in [0.25, 0.3) is 0 Å². The van der Waals surface area contributed by atoms with Gasteiger partial charge < -0.3 is 21.5 Å². The second-order valence-corrected chi connectivity index (χ2v) is 8.90. The molecule has 0 aromatic heterocycles. The molecule has 0 fully saturated rings. The molecule has 0 unspecified atom stereocenters. The monoisotopic (exact) mass is 441 g/mol. The second kappa shape index (κ2) is 11.5. The van der Waals surface area contributed by atoms with E-state index in [4.69, 9.17) is 16.2 Å². The van der Waals surface area contributed by atoms with Gasteiger partial charge in [0.25, 0.3) is 0 Å². The summed E-state index contributed by atoms with van der Waals surface area (Å²) in [4.78, 5) is 28.7. The van der Waals surface area contributed by atoms with Crippen LogP contribution in [-0.4, -0.2) is 52.0 Å². The van der Waals surface area contributed by atoms with Gasteiger partial charge >= 0.3 is 5.97 Å². The van der Waals surface area contributed by atoms with Gasteiger partial charge in [-0.25, -0.2) is 13.2 Å². The van der Waals surface area contributed by atoms with Crippen molar-refractivity contribution < 1.29 is 22.7 Å². The average Bonchev–Trinajstić information content (AvgIpc) is 2.67. The molecule has 0 saturated heterocycles. The second-order valence-electron chi connectivity index (χ2n) is 7.19. The molecule has 0 bridgehead atoms. The highest BCUT2D eigenvalue weighted by molar-refractivity contribution is 7.89. The van der Waals surface area contributed by atoms with Crippen LogP contribution in [0.15, 0.2) is 34.2 Å². The number of esters is 1. The zero-order chi connectivity index (χ0) is 22.9. The predicted octanol–water partition coefficient (Wildman–Crippen LogP) is 0.00932. The number of hydrogen-bond donors (Lipinski definition) is 4. The van der Waals surface area contributed by atoms with Gasteiger partial charge in [-0.3, -0.25) is 9.79 Å². The lowest BCUT2D eigenvalue weighted by molar-refractivity contribution is -0.146. The molecule has 2 atom stereocenters. The van der Waals surface area contributed by atoms with E-state index in [2.05, 4.69) is 15.0 Å². The fraction of sp³-hybridized carbons (Fsp3) is 0.526. The minimum Gasteiger partial charge on any atom is -0.467 e. The summed E-state index contributed by atoms with van der Waals surface area (Å²) in [7, 11) is -2.75. The fourth-order valence-electron chi connectivity index (χ4n) is 2.60. The first-order valence-corrected chi connectivity index (χ1v) is 11.0. The Morgan fingerprint density at radius 3 is 2.27 bits per heavy atom. The molecule has 0 spiro atoms. The number of amides is 1. The molecule has 0 saturated carbocycles. The van der Waals surface area contributed by atoms with E-state index < -0.39 is 34.0 Å². The minimum absolute atomic E-state index is 0.0310. The summed E-state index contributed by atoms with van der Waals surface area (Å²) in [5.74, 6) is -1.60. The van der Waals surface area contributed by atoms with E-state index in [0.717, 1.165) is 5.56 Å². The number of carbonyl (C=O) groups excluding carboxylic acids is 2. The molecule has 1 aromatic carbocycles. The van der Waals surface area contributed by atoms with Crippen molar-refractivity contribution in [1.29, 1.82) is 0 Å². The first-order valence-electron chi connectivity index (χ1n) is 9.50. The highest BCUT2D eigenvalue weighted by Gasteiger charge is 2.31. The number of methoxy groups -OCH3 is 1. The van der Waals surface area contributed by atoms with Crippen molar-refractivity contribution in [1.82, 2.24) is 10.0 Å². The van der Waals surface area contributed by atoms with E-state index in [0.29, 0.717) is 6.42 Å². The van der Waals surface area contributed by atoms with Crippen LogP contribution in [0.4, 0.5) is 0 Å². The van der Waals surface area contributed by atoms with Crippen LogP contribution in [0.3, 0.4) is 0 Å². The minimum atomic E-state index is -3.97. The third-order valence-electron chi connectivity index (χ3n) is 4.31. The van der Waals surface area contributed by atoms with Gasteiger partial charge in [-0.2, -0.15) is 4.72 Å². The van der Waals surface area contributed by atoms with E-state index in [1.165, 1.54) is 19.2 Å². The van der Waals surface area contributed by atoms with E-state index >= 15 is 0 Å². The number of nitrogens with zero attached hydrogens (tertiary/aromatic N) is 1. The smallest absolute Gasteiger partial charge is 0.328 e. The number of carbonyl (C=O) groups is 2. The molecule has 6 N–H and O–H groups in total. The van der Waals surface area contributed by atoms with Gasteiger partial charge in [-0.05, 0) is 37.8 Å². The van der Waals surface area contributed by atoms with E-state index in [1.54, 1.807) is 26.0 Å². The van der Waals surface area contributed by atoms with Gasteiger partial charge in [0.15, 0.2) is 5.96 Å². The van der Waals surface area contributed by atoms with E-state index in [-0.39, 0.29) is 29.7 Å². The Morgan fingerprint density at radius 1 is 1.17 bits per heavy atom. The van der Waals surface area contributed by atoms with Crippen molar-refractivity contribution in [3.05, 3.63) is 29.8 Å². The Balaban J connectivity index is 3.05. The quantitative estimate of drug-likeness (QED) is 0.162. The summed E-state index contributed by atoms with van der Waals surface area (Å²) in [5, 5.41) is 2.57. The lowest BCUT2D eigenvalue weighted by atomic mass is 10.0. The van der Waals surface area contributed by atoms with Gasteiger partial charge in [-0.15, -0.1) is 0 Å². The number of nitrogens with one attached hydrogen (secondary N) is 2. The van der Waals surface area contributed by atoms with E-state index in [1.807, 2.05) is 6.92 Å². The molecule has 1 rings (SSSR count). The van der Waals surface area contributed by atoms with Crippen molar-refractivity contribution in [3.8, 4) is 0 Å². The summed E-state index contributed by atoms with van der Waals surface area (Å²) in [5.41, 5.74) is 11.5. The van der Waals surface area contributed by atoms with Crippen LogP contribution in [0.5, 0.6) is 0 Å². The molecule has 11 heteroatoms. The molecule has 10 nitrogen and oxygen atoms in total. The van der Waals surface area contributed by atoms with Crippen molar-refractivity contribution >= 4 is 27.9 Å². The van der Waals surface area contributed by atoms with Gasteiger partial charge in [0.1, 0.15) is 12.1 Å². The number of nitrogens with two attached hydrogens (primary N) is 2. The molecule has 0 aliphatic rings. The van der Waals surface area contributed by atoms with Crippen molar-refractivity contribution in [2.45, 2.75) is 50.6 Å². The fourth-order valence-corrected chi connectivity index (χ4v) is 3.83. The maximum atomic E-state index is 12.8. The number of benzene rings is 1. The summed E-state index contributed by atoms with van der Waals surface area (Å²) in [6.07, 6.45) is 0.469. The van der Waals surface area contributed by atoms with Crippen molar-refractivity contribution in [3.63, 3.8) is 0 Å².